The summed E-state index contributed by atoms with van der Waals surface area (Å²) in [6.07, 6.45) is 0.667. The summed E-state index contributed by atoms with van der Waals surface area (Å²) in [6, 6.07) is 0. The SMILES string of the molecule is CCC(C)(CC)OC(=O)CC(=O)[O-].[Na+]. The summed E-state index contributed by atoms with van der Waals surface area (Å²) < 4.78 is 4.99. The van der Waals surface area contributed by atoms with Gasteiger partial charge in [-0.3, -0.25) is 4.79 Å². The van der Waals surface area contributed by atoms with Crippen LogP contribution in [0.4, 0.5) is 0 Å². The first-order valence-electron chi connectivity index (χ1n) is 4.35. The molecule has 0 amide bonds. The molecule has 0 aliphatic carbocycles. The molecule has 0 atom stereocenters. The van der Waals surface area contributed by atoms with Gasteiger partial charge in [0.1, 0.15) is 5.60 Å². The Labute approximate surface area is 106 Å². The van der Waals surface area contributed by atoms with E-state index in [9.17, 15) is 14.7 Å². The van der Waals surface area contributed by atoms with Gasteiger partial charge in [-0.25, -0.2) is 0 Å². The fraction of sp³-hybridized carbons (Fsp3) is 0.778. The Hall–Kier alpha value is -0.0600. The molecule has 0 aromatic carbocycles. The zero-order valence-corrected chi connectivity index (χ0v) is 11.3. The Morgan fingerprint density at radius 2 is 1.71 bits per heavy atom. The van der Waals surface area contributed by atoms with Gasteiger partial charge in [-0.2, -0.15) is 0 Å². The van der Waals surface area contributed by atoms with Crippen molar-refractivity contribution >= 4 is 11.9 Å². The minimum Gasteiger partial charge on any atom is -0.550 e. The van der Waals surface area contributed by atoms with E-state index in [1.54, 1.807) is 6.92 Å². The number of rotatable bonds is 5. The van der Waals surface area contributed by atoms with E-state index in [1.165, 1.54) is 0 Å². The Morgan fingerprint density at radius 3 is 2.00 bits per heavy atom. The van der Waals surface area contributed by atoms with Gasteiger partial charge in [0.25, 0.3) is 0 Å². The van der Waals surface area contributed by atoms with E-state index in [-0.39, 0.29) is 29.6 Å². The van der Waals surface area contributed by atoms with Gasteiger partial charge in [-0.05, 0) is 19.8 Å². The number of carbonyl (C=O) groups is 2. The molecule has 0 spiro atoms. The van der Waals surface area contributed by atoms with Crippen LogP contribution < -0.4 is 34.7 Å². The van der Waals surface area contributed by atoms with Crippen molar-refractivity contribution < 1.29 is 49.0 Å². The van der Waals surface area contributed by atoms with Gasteiger partial charge < -0.3 is 14.6 Å². The molecule has 0 aliphatic rings. The molecule has 14 heavy (non-hydrogen) atoms. The molecule has 76 valence electrons. The molecule has 4 nitrogen and oxygen atoms in total. The summed E-state index contributed by atoms with van der Waals surface area (Å²) in [4.78, 5) is 21.0. The molecule has 0 saturated heterocycles. The average Bonchev–Trinajstić information content (AvgIpc) is 2.02. The molecule has 0 saturated carbocycles. The monoisotopic (exact) mass is 210 g/mol. The molecule has 0 aliphatic heterocycles. The summed E-state index contributed by atoms with van der Waals surface area (Å²) >= 11 is 0. The number of hydrogen-bond acceptors (Lipinski definition) is 4. The molecular weight excluding hydrogens is 195 g/mol. The zero-order chi connectivity index (χ0) is 10.5. The first-order valence-corrected chi connectivity index (χ1v) is 4.35. The molecule has 0 heterocycles. The molecule has 0 aromatic heterocycles. The predicted molar refractivity (Wildman–Crippen MR) is 44.7 cm³/mol. The minimum absolute atomic E-state index is 0. The fourth-order valence-corrected chi connectivity index (χ4v) is 0.823. The molecule has 0 rings (SSSR count). The van der Waals surface area contributed by atoms with E-state index in [0.717, 1.165) is 0 Å². The quantitative estimate of drug-likeness (QED) is 0.280. The summed E-state index contributed by atoms with van der Waals surface area (Å²) in [5.41, 5.74) is -0.549. The number of carbonyl (C=O) groups excluding carboxylic acids is 2. The molecule has 0 fully saturated rings. The number of aliphatic carboxylic acids is 1. The number of carboxylic acid groups (broad SMARTS) is 1. The molecular formula is C9H15NaO4. The number of esters is 1. The Balaban J connectivity index is 0. The third kappa shape index (κ3) is 6.40. The summed E-state index contributed by atoms with van der Waals surface area (Å²) in [5.74, 6) is -2.13. The fourth-order valence-electron chi connectivity index (χ4n) is 0.823. The second-order valence-electron chi connectivity index (χ2n) is 3.18. The maximum Gasteiger partial charge on any atom is 1.00 e. The molecule has 0 bridgehead atoms. The van der Waals surface area contributed by atoms with Gasteiger partial charge in [-0.1, -0.05) is 13.8 Å². The van der Waals surface area contributed by atoms with Crippen LogP contribution in [0.15, 0.2) is 0 Å². The minimum atomic E-state index is -1.40. The van der Waals surface area contributed by atoms with Gasteiger partial charge in [-0.15, -0.1) is 0 Å². The van der Waals surface area contributed by atoms with Crippen LogP contribution in [0.25, 0.3) is 0 Å². The van der Waals surface area contributed by atoms with Crippen molar-refractivity contribution in [1.82, 2.24) is 0 Å². The van der Waals surface area contributed by atoms with Crippen molar-refractivity contribution in [3.63, 3.8) is 0 Å². The molecule has 0 unspecified atom stereocenters. The topological polar surface area (TPSA) is 66.4 Å². The third-order valence-corrected chi connectivity index (χ3v) is 2.14. The van der Waals surface area contributed by atoms with Crippen molar-refractivity contribution in [1.29, 1.82) is 0 Å². The van der Waals surface area contributed by atoms with E-state index in [2.05, 4.69) is 0 Å². The zero-order valence-electron chi connectivity index (χ0n) is 9.25. The van der Waals surface area contributed by atoms with Gasteiger partial charge in [0.2, 0.25) is 0 Å². The van der Waals surface area contributed by atoms with Crippen molar-refractivity contribution in [2.45, 2.75) is 45.6 Å². The Morgan fingerprint density at radius 1 is 1.29 bits per heavy atom. The number of carboxylic acids is 1. The first-order chi connectivity index (χ1) is 5.93. The van der Waals surface area contributed by atoms with Crippen molar-refractivity contribution in [2.75, 3.05) is 0 Å². The van der Waals surface area contributed by atoms with Crippen molar-refractivity contribution in [2.24, 2.45) is 0 Å². The first kappa shape index (κ1) is 16.4. The molecule has 0 aromatic rings. The molecule has 0 radical (unpaired) electrons. The van der Waals surface area contributed by atoms with E-state index in [1.807, 2.05) is 13.8 Å². The summed E-state index contributed by atoms with van der Waals surface area (Å²) in [6.45, 7) is 5.55. The molecule has 0 N–H and O–H groups in total. The van der Waals surface area contributed by atoms with Crippen LogP contribution in [-0.2, 0) is 14.3 Å². The van der Waals surface area contributed by atoms with Crippen LogP contribution in [0, 0.1) is 0 Å². The standard InChI is InChI=1S/C9H16O4.Na/c1-4-9(3,5-2)13-8(12)6-7(10)11;/h4-6H2,1-3H3,(H,10,11);/q;+1/p-1. The van der Waals surface area contributed by atoms with E-state index >= 15 is 0 Å². The van der Waals surface area contributed by atoms with Crippen LogP contribution in [-0.4, -0.2) is 17.5 Å². The second-order valence-corrected chi connectivity index (χ2v) is 3.18. The van der Waals surface area contributed by atoms with Crippen LogP contribution in [0.5, 0.6) is 0 Å². The normalized spacial score (nSPS) is 10.2. The van der Waals surface area contributed by atoms with Gasteiger partial charge in [0.15, 0.2) is 0 Å². The number of ether oxygens (including phenoxy) is 1. The van der Waals surface area contributed by atoms with Gasteiger partial charge in [0, 0.05) is 0 Å². The third-order valence-electron chi connectivity index (χ3n) is 2.14. The van der Waals surface area contributed by atoms with Crippen LogP contribution in [0.2, 0.25) is 0 Å². The predicted octanol–water partition coefficient (Wildman–Crippen LogP) is -2.75. The van der Waals surface area contributed by atoms with Crippen molar-refractivity contribution in [3.8, 4) is 0 Å². The van der Waals surface area contributed by atoms with Crippen molar-refractivity contribution in [3.05, 3.63) is 0 Å². The van der Waals surface area contributed by atoms with Crippen LogP contribution >= 0.6 is 0 Å². The summed E-state index contributed by atoms with van der Waals surface area (Å²) in [7, 11) is 0. The van der Waals surface area contributed by atoms with Crippen LogP contribution in [0.3, 0.4) is 0 Å². The van der Waals surface area contributed by atoms with Gasteiger partial charge >= 0.3 is 35.5 Å². The van der Waals surface area contributed by atoms with E-state index in [4.69, 9.17) is 4.74 Å². The second kappa shape index (κ2) is 7.26. The average molecular weight is 210 g/mol. The summed E-state index contributed by atoms with van der Waals surface area (Å²) in [5, 5.41) is 10.1. The Kier molecular flexibility index (Phi) is 8.49. The Bertz CT molecular complexity index is 199. The largest absolute Gasteiger partial charge is 1.00 e. The van der Waals surface area contributed by atoms with E-state index < -0.39 is 24.0 Å². The smallest absolute Gasteiger partial charge is 0.550 e. The molecule has 5 heteroatoms. The van der Waals surface area contributed by atoms with Crippen LogP contribution in [0.1, 0.15) is 40.0 Å². The van der Waals surface area contributed by atoms with Gasteiger partial charge in [0.05, 0.1) is 12.4 Å². The number of hydrogen-bond donors (Lipinski definition) is 0. The maximum atomic E-state index is 10.9. The maximum absolute atomic E-state index is 10.9. The van der Waals surface area contributed by atoms with E-state index in [0.29, 0.717) is 12.8 Å².